The molecular formula is C23H26N4O4. The number of likely N-dealkylation sites (tertiary alicyclic amines) is 1. The molecule has 0 saturated carbocycles. The number of carbonyl (C=O) groups excluding carboxylic acids is 3. The number of benzene rings is 1. The predicted octanol–water partition coefficient (Wildman–Crippen LogP) is 2.44. The number of aromatic nitrogens is 1. The molecule has 0 aliphatic carbocycles. The molecule has 1 saturated heterocycles. The molecule has 3 heterocycles. The van der Waals surface area contributed by atoms with Gasteiger partial charge in [0.25, 0.3) is 0 Å². The summed E-state index contributed by atoms with van der Waals surface area (Å²) in [6.45, 7) is 3.31. The maximum Gasteiger partial charge on any atom is 0.313 e. The predicted molar refractivity (Wildman–Crippen MR) is 114 cm³/mol. The number of ether oxygens (including phenoxy) is 1. The number of hydrogen-bond donors (Lipinski definition) is 2. The van der Waals surface area contributed by atoms with Gasteiger partial charge in [0, 0.05) is 12.7 Å². The Morgan fingerprint density at radius 3 is 2.84 bits per heavy atom. The topological polar surface area (TPSA) is 115 Å². The second-order valence-electron chi connectivity index (χ2n) is 8.26. The monoisotopic (exact) mass is 422 g/mol. The molecule has 0 spiro atoms. The van der Waals surface area contributed by atoms with E-state index in [9.17, 15) is 14.4 Å². The van der Waals surface area contributed by atoms with Crippen LogP contribution in [0.25, 0.3) is 0 Å². The number of primary amides is 1. The Balaban J connectivity index is 1.55. The second kappa shape index (κ2) is 8.75. The summed E-state index contributed by atoms with van der Waals surface area (Å²) in [6.07, 6.45) is 6.37. The van der Waals surface area contributed by atoms with Gasteiger partial charge < -0.3 is 20.7 Å². The molecule has 0 radical (unpaired) electrons. The van der Waals surface area contributed by atoms with E-state index >= 15 is 0 Å². The van der Waals surface area contributed by atoms with Crippen LogP contribution in [0.2, 0.25) is 0 Å². The Morgan fingerprint density at radius 1 is 1.19 bits per heavy atom. The molecular weight excluding hydrogens is 396 g/mol. The van der Waals surface area contributed by atoms with Crippen molar-refractivity contribution in [1.29, 1.82) is 0 Å². The average molecular weight is 422 g/mol. The van der Waals surface area contributed by atoms with Crippen LogP contribution in [0, 0.1) is 5.92 Å². The highest BCUT2D eigenvalue weighted by Gasteiger charge is 2.34. The van der Waals surface area contributed by atoms with Gasteiger partial charge >= 0.3 is 11.8 Å². The van der Waals surface area contributed by atoms with Crippen LogP contribution in [-0.2, 0) is 16.0 Å². The molecule has 2 aromatic rings. The number of amides is 3. The lowest BCUT2D eigenvalue weighted by molar-refractivity contribution is -0.146. The molecule has 2 atom stereocenters. The van der Waals surface area contributed by atoms with E-state index in [0.29, 0.717) is 12.5 Å². The Hall–Kier alpha value is -3.42. The van der Waals surface area contributed by atoms with Crippen molar-refractivity contribution in [2.24, 2.45) is 11.7 Å². The van der Waals surface area contributed by atoms with Gasteiger partial charge in [-0.1, -0.05) is 19.1 Å². The van der Waals surface area contributed by atoms with E-state index in [0.717, 1.165) is 49.2 Å². The molecule has 4 rings (SSSR count). The minimum Gasteiger partial charge on any atom is -0.493 e. The number of hydrogen-bond acceptors (Lipinski definition) is 5. The zero-order valence-electron chi connectivity index (χ0n) is 17.5. The molecule has 3 N–H and O–H groups in total. The largest absolute Gasteiger partial charge is 0.493 e. The summed E-state index contributed by atoms with van der Waals surface area (Å²) in [6, 6.07) is 7.29. The summed E-state index contributed by atoms with van der Waals surface area (Å²) in [5.74, 6) is -0.819. The van der Waals surface area contributed by atoms with E-state index in [1.165, 1.54) is 18.5 Å². The van der Waals surface area contributed by atoms with Crippen LogP contribution >= 0.6 is 0 Å². The molecule has 2 aliphatic heterocycles. The van der Waals surface area contributed by atoms with Gasteiger partial charge in [0.05, 0.1) is 30.1 Å². The Bertz CT molecular complexity index is 1020. The quantitative estimate of drug-likeness (QED) is 0.738. The van der Waals surface area contributed by atoms with E-state index in [4.69, 9.17) is 10.5 Å². The van der Waals surface area contributed by atoms with Crippen LogP contribution in [0.5, 0.6) is 5.75 Å². The number of piperidine rings is 1. The number of anilines is 1. The van der Waals surface area contributed by atoms with Gasteiger partial charge in [-0.2, -0.15) is 0 Å². The number of rotatable bonds is 3. The molecule has 3 amide bonds. The Kier molecular flexibility index (Phi) is 5.88. The first-order valence-corrected chi connectivity index (χ1v) is 10.5. The average Bonchev–Trinajstić information content (AvgIpc) is 2.78. The fourth-order valence-electron chi connectivity index (χ4n) is 4.27. The van der Waals surface area contributed by atoms with Gasteiger partial charge in [-0.3, -0.25) is 19.4 Å². The van der Waals surface area contributed by atoms with E-state index in [1.54, 1.807) is 4.90 Å². The zero-order valence-corrected chi connectivity index (χ0v) is 17.5. The summed E-state index contributed by atoms with van der Waals surface area (Å²) >= 11 is 0. The normalized spacial score (nSPS) is 20.4. The maximum absolute atomic E-state index is 13.1. The number of nitrogens with zero attached hydrogens (tertiary/aromatic N) is 2. The first kappa shape index (κ1) is 20.8. The van der Waals surface area contributed by atoms with Gasteiger partial charge in [0.2, 0.25) is 5.91 Å². The van der Waals surface area contributed by atoms with Gasteiger partial charge in [0.1, 0.15) is 5.75 Å². The fourth-order valence-corrected chi connectivity index (χ4v) is 4.27. The first-order valence-electron chi connectivity index (χ1n) is 10.5. The summed E-state index contributed by atoms with van der Waals surface area (Å²) in [4.78, 5) is 42.7. The van der Waals surface area contributed by atoms with Crippen LogP contribution in [0.15, 0.2) is 36.7 Å². The third-order valence-electron chi connectivity index (χ3n) is 5.87. The van der Waals surface area contributed by atoms with Crippen molar-refractivity contribution in [2.75, 3.05) is 18.5 Å². The summed E-state index contributed by atoms with van der Waals surface area (Å²) in [5.41, 5.74) is 7.84. The van der Waals surface area contributed by atoms with Crippen LogP contribution < -0.4 is 15.8 Å². The van der Waals surface area contributed by atoms with Crippen molar-refractivity contribution < 1.29 is 19.1 Å². The summed E-state index contributed by atoms with van der Waals surface area (Å²) in [5, 5.41) is 2.55. The highest BCUT2D eigenvalue weighted by Crippen LogP contribution is 2.36. The van der Waals surface area contributed by atoms with Gasteiger partial charge in [0.15, 0.2) is 0 Å². The number of aryl methyl sites for hydroxylation is 1. The van der Waals surface area contributed by atoms with Crippen molar-refractivity contribution in [3.63, 3.8) is 0 Å². The smallest absolute Gasteiger partial charge is 0.313 e. The van der Waals surface area contributed by atoms with Crippen LogP contribution in [0.3, 0.4) is 0 Å². The number of carbonyl (C=O) groups is 3. The van der Waals surface area contributed by atoms with E-state index in [1.807, 2.05) is 12.1 Å². The Morgan fingerprint density at radius 2 is 2.03 bits per heavy atom. The third kappa shape index (κ3) is 4.52. The standard InChI is InChI=1S/C23H26N4O4/c1-14-4-6-19(15-5-7-20-16(9-15)3-2-8-31-20)27(13-14)23(30)22(29)26-18-10-17(21(24)28)11-25-12-18/h5,7,9-12,14,19H,2-4,6,8,13H2,1H3,(H2,24,28)(H,26,29)/t14-,19+/m1/s1. The number of pyridine rings is 1. The second-order valence-corrected chi connectivity index (χ2v) is 8.26. The van der Waals surface area contributed by atoms with E-state index in [-0.39, 0.29) is 17.3 Å². The lowest BCUT2D eigenvalue weighted by Crippen LogP contribution is -2.46. The van der Waals surface area contributed by atoms with Crippen LogP contribution in [0.4, 0.5) is 5.69 Å². The van der Waals surface area contributed by atoms with Gasteiger partial charge in [-0.05, 0) is 54.9 Å². The van der Waals surface area contributed by atoms with E-state index in [2.05, 4.69) is 23.3 Å². The minimum atomic E-state index is -0.760. The highest BCUT2D eigenvalue weighted by atomic mass is 16.5. The molecule has 162 valence electrons. The van der Waals surface area contributed by atoms with Crippen LogP contribution in [-0.4, -0.2) is 40.8 Å². The minimum absolute atomic E-state index is 0.158. The van der Waals surface area contributed by atoms with Crippen molar-refractivity contribution in [3.05, 3.63) is 53.3 Å². The summed E-state index contributed by atoms with van der Waals surface area (Å²) in [7, 11) is 0. The van der Waals surface area contributed by atoms with Gasteiger partial charge in [-0.25, -0.2) is 0 Å². The Labute approximate surface area is 180 Å². The molecule has 31 heavy (non-hydrogen) atoms. The van der Waals surface area contributed by atoms with Crippen molar-refractivity contribution in [1.82, 2.24) is 9.88 Å². The lowest BCUT2D eigenvalue weighted by Gasteiger charge is -2.39. The number of nitrogens with one attached hydrogen (secondary N) is 1. The van der Waals surface area contributed by atoms with Crippen LogP contribution in [0.1, 0.15) is 53.7 Å². The molecule has 1 fully saturated rings. The lowest BCUT2D eigenvalue weighted by atomic mass is 9.88. The third-order valence-corrected chi connectivity index (χ3v) is 5.87. The number of nitrogens with two attached hydrogens (primary N) is 1. The van der Waals surface area contributed by atoms with Crippen molar-refractivity contribution in [3.8, 4) is 5.75 Å². The molecule has 8 nitrogen and oxygen atoms in total. The molecule has 1 aromatic heterocycles. The summed E-state index contributed by atoms with van der Waals surface area (Å²) < 4.78 is 5.70. The molecule has 8 heteroatoms. The zero-order chi connectivity index (χ0) is 22.0. The first-order chi connectivity index (χ1) is 14.9. The molecule has 0 unspecified atom stereocenters. The maximum atomic E-state index is 13.1. The molecule has 1 aromatic carbocycles. The molecule has 2 aliphatic rings. The van der Waals surface area contributed by atoms with Crippen molar-refractivity contribution in [2.45, 2.75) is 38.6 Å². The fraction of sp³-hybridized carbons (Fsp3) is 0.391. The highest BCUT2D eigenvalue weighted by molar-refractivity contribution is 6.39. The van der Waals surface area contributed by atoms with E-state index < -0.39 is 17.7 Å². The van der Waals surface area contributed by atoms with Gasteiger partial charge in [-0.15, -0.1) is 0 Å². The SMILES string of the molecule is C[C@@H]1CC[C@@H](c2ccc3c(c2)CCCO3)N(C(=O)C(=O)Nc2cncc(C(N)=O)c2)C1. The molecule has 0 bridgehead atoms. The van der Waals surface area contributed by atoms with Crippen molar-refractivity contribution >= 4 is 23.4 Å². The number of fused-ring (bicyclic) bond motifs is 1.